The maximum atomic E-state index is 13.9. The number of carbonyl (C=O) groups excluding carboxylic acids is 4. The minimum absolute atomic E-state index is 0.0353. The molecule has 0 aliphatic carbocycles. The van der Waals surface area contributed by atoms with Gasteiger partial charge in [0.05, 0.1) is 18.9 Å². The van der Waals surface area contributed by atoms with Crippen molar-refractivity contribution in [3.05, 3.63) is 67.2 Å². The van der Waals surface area contributed by atoms with Crippen molar-refractivity contribution in [3.8, 4) is 11.1 Å². The molecule has 3 amide bonds. The normalized spacial score (nSPS) is 12.1. The number of anilines is 2. The van der Waals surface area contributed by atoms with Crippen molar-refractivity contribution in [1.82, 2.24) is 10.3 Å². The molecule has 0 aliphatic rings. The standard InChI is InChI=1S/C36H50N4O9/c1-10-14-29(31(41)46-11-2)40(34(44)49-36(6,7)8)30-24-27(39-33(43)47-22-21-45-9)16-17-28(30)25-18-20-37-26(23-25)15-12-13-19-38-32(42)48-35(3,4)5/h10,13,16-20,23-24,29H,1,11-12,14-15,21-22H2,2-9H3,(H,38,42)(H,39,43)/t29-/m0/s1. The number of ether oxygens (including phenoxy) is 5. The first-order valence-electron chi connectivity index (χ1n) is 16.0. The Morgan fingerprint density at radius 2 is 1.67 bits per heavy atom. The highest BCUT2D eigenvalue weighted by Crippen LogP contribution is 2.37. The summed E-state index contributed by atoms with van der Waals surface area (Å²) in [5.74, 6) is -0.654. The molecule has 13 nitrogen and oxygen atoms in total. The Hall–Kier alpha value is -4.91. The van der Waals surface area contributed by atoms with Gasteiger partial charge in [-0.2, -0.15) is 0 Å². The second-order valence-corrected chi connectivity index (χ2v) is 12.8. The molecule has 0 saturated carbocycles. The predicted octanol–water partition coefficient (Wildman–Crippen LogP) is 7.16. The number of alkyl carbamates (subject to hydrolysis) is 1. The van der Waals surface area contributed by atoms with Crippen LogP contribution in [0.2, 0.25) is 0 Å². The monoisotopic (exact) mass is 682 g/mol. The molecule has 1 aromatic heterocycles. The van der Waals surface area contributed by atoms with Crippen LogP contribution >= 0.6 is 0 Å². The van der Waals surface area contributed by atoms with E-state index in [0.29, 0.717) is 29.7 Å². The summed E-state index contributed by atoms with van der Waals surface area (Å²) in [4.78, 5) is 57.5. The number of methoxy groups -OCH3 is 1. The zero-order valence-corrected chi connectivity index (χ0v) is 29.8. The third-order valence-electron chi connectivity index (χ3n) is 6.29. The van der Waals surface area contributed by atoms with Gasteiger partial charge in [-0.25, -0.2) is 19.2 Å². The van der Waals surface area contributed by atoms with Crippen LogP contribution in [0, 0.1) is 0 Å². The zero-order valence-electron chi connectivity index (χ0n) is 29.8. The Kier molecular flexibility index (Phi) is 15.8. The van der Waals surface area contributed by atoms with Crippen molar-refractivity contribution in [2.45, 2.75) is 85.0 Å². The van der Waals surface area contributed by atoms with Gasteiger partial charge in [0.15, 0.2) is 0 Å². The van der Waals surface area contributed by atoms with Gasteiger partial charge in [0.2, 0.25) is 0 Å². The predicted molar refractivity (Wildman–Crippen MR) is 187 cm³/mol. The Morgan fingerprint density at radius 1 is 0.959 bits per heavy atom. The van der Waals surface area contributed by atoms with E-state index in [1.54, 1.807) is 85.0 Å². The van der Waals surface area contributed by atoms with Gasteiger partial charge in [0.25, 0.3) is 0 Å². The molecule has 1 atom stereocenters. The minimum atomic E-state index is -1.14. The van der Waals surface area contributed by atoms with Crippen molar-refractivity contribution < 1.29 is 42.9 Å². The number of amides is 3. The van der Waals surface area contributed by atoms with Crippen molar-refractivity contribution in [1.29, 1.82) is 0 Å². The summed E-state index contributed by atoms with van der Waals surface area (Å²) in [5, 5.41) is 5.25. The molecule has 49 heavy (non-hydrogen) atoms. The highest BCUT2D eigenvalue weighted by atomic mass is 16.6. The van der Waals surface area contributed by atoms with Crippen LogP contribution in [0.4, 0.5) is 25.8 Å². The first-order valence-corrected chi connectivity index (χ1v) is 16.0. The molecule has 1 aromatic carbocycles. The highest BCUT2D eigenvalue weighted by Gasteiger charge is 2.36. The molecule has 0 aliphatic heterocycles. The lowest BCUT2D eigenvalue weighted by atomic mass is 10.00. The number of hydrogen-bond acceptors (Lipinski definition) is 10. The third kappa shape index (κ3) is 14.4. The largest absolute Gasteiger partial charge is 0.464 e. The Labute approximate surface area is 289 Å². The molecule has 0 fully saturated rings. The summed E-state index contributed by atoms with van der Waals surface area (Å²) in [7, 11) is 1.49. The number of benzene rings is 1. The van der Waals surface area contributed by atoms with Crippen LogP contribution in [0.1, 0.15) is 67.0 Å². The summed E-state index contributed by atoms with van der Waals surface area (Å²) in [6, 6.07) is 7.43. The summed E-state index contributed by atoms with van der Waals surface area (Å²) in [6.45, 7) is 16.3. The second-order valence-electron chi connectivity index (χ2n) is 12.8. The molecule has 2 N–H and O–H groups in total. The van der Waals surface area contributed by atoms with Crippen LogP contribution in [0.15, 0.2) is 61.5 Å². The summed E-state index contributed by atoms with van der Waals surface area (Å²) >= 11 is 0. The third-order valence-corrected chi connectivity index (χ3v) is 6.29. The first kappa shape index (κ1) is 40.3. The molecule has 1 heterocycles. The van der Waals surface area contributed by atoms with E-state index in [0.717, 1.165) is 5.69 Å². The number of nitrogens with one attached hydrogen (secondary N) is 2. The van der Waals surface area contributed by atoms with E-state index in [2.05, 4.69) is 22.2 Å². The quantitative estimate of drug-likeness (QED) is 0.0855. The average Bonchev–Trinajstić information content (AvgIpc) is 2.99. The molecule has 0 saturated heterocycles. The number of esters is 1. The summed E-state index contributed by atoms with van der Waals surface area (Å²) in [5.41, 5.74) is 1.01. The van der Waals surface area contributed by atoms with Crippen LogP contribution < -0.4 is 15.5 Å². The molecule has 0 unspecified atom stereocenters. The fourth-order valence-corrected chi connectivity index (χ4v) is 4.36. The molecule has 268 valence electrons. The van der Waals surface area contributed by atoms with Crippen molar-refractivity contribution in [2.75, 3.05) is 37.1 Å². The molecule has 13 heteroatoms. The molecule has 0 radical (unpaired) electrons. The summed E-state index contributed by atoms with van der Waals surface area (Å²) in [6.07, 6.45) is 5.53. The second kappa shape index (κ2) is 19.2. The van der Waals surface area contributed by atoms with E-state index in [1.165, 1.54) is 24.3 Å². The fraction of sp³-hybridized carbons (Fsp3) is 0.472. The lowest BCUT2D eigenvalue weighted by Crippen LogP contribution is -2.48. The Morgan fingerprint density at radius 3 is 2.31 bits per heavy atom. The molecule has 0 spiro atoms. The number of aryl methyl sites for hydroxylation is 1. The molecule has 2 aromatic rings. The molecular formula is C36H50N4O9. The number of carbonyl (C=O) groups is 4. The number of aromatic nitrogens is 1. The lowest BCUT2D eigenvalue weighted by Gasteiger charge is -2.33. The maximum Gasteiger partial charge on any atom is 0.415 e. The Balaban J connectivity index is 2.59. The number of nitrogens with zero attached hydrogens (tertiary/aromatic N) is 2. The van der Waals surface area contributed by atoms with E-state index < -0.39 is 41.5 Å². The topological polar surface area (TPSA) is 155 Å². The maximum absolute atomic E-state index is 13.9. The van der Waals surface area contributed by atoms with Crippen molar-refractivity contribution in [3.63, 3.8) is 0 Å². The highest BCUT2D eigenvalue weighted by molar-refractivity contribution is 6.01. The number of allylic oxidation sites excluding steroid dienone is 1. The van der Waals surface area contributed by atoms with Crippen LogP contribution in [0.25, 0.3) is 11.1 Å². The van der Waals surface area contributed by atoms with Crippen LogP contribution in [-0.2, 0) is 34.9 Å². The van der Waals surface area contributed by atoms with Crippen LogP contribution in [0.5, 0.6) is 0 Å². The van der Waals surface area contributed by atoms with Gasteiger partial charge in [-0.15, -0.1) is 6.58 Å². The minimum Gasteiger partial charge on any atom is -0.464 e. The molecular weight excluding hydrogens is 632 g/mol. The number of rotatable bonds is 15. The van der Waals surface area contributed by atoms with Gasteiger partial charge in [0.1, 0.15) is 23.9 Å². The van der Waals surface area contributed by atoms with Crippen LogP contribution in [0.3, 0.4) is 0 Å². The average molecular weight is 683 g/mol. The van der Waals surface area contributed by atoms with Gasteiger partial charge in [-0.1, -0.05) is 18.2 Å². The summed E-state index contributed by atoms with van der Waals surface area (Å²) < 4.78 is 26.5. The van der Waals surface area contributed by atoms with Gasteiger partial charge in [0, 0.05) is 36.5 Å². The first-order chi connectivity index (χ1) is 23.1. The molecule has 0 bridgehead atoms. The number of hydrogen-bond donors (Lipinski definition) is 2. The van der Waals surface area contributed by atoms with E-state index in [9.17, 15) is 19.2 Å². The van der Waals surface area contributed by atoms with E-state index in [4.69, 9.17) is 23.7 Å². The van der Waals surface area contributed by atoms with E-state index in [1.807, 2.05) is 6.07 Å². The fourth-order valence-electron chi connectivity index (χ4n) is 4.36. The van der Waals surface area contributed by atoms with Crippen molar-refractivity contribution in [2.24, 2.45) is 0 Å². The molecule has 2 rings (SSSR count). The van der Waals surface area contributed by atoms with Crippen molar-refractivity contribution >= 4 is 35.6 Å². The van der Waals surface area contributed by atoms with E-state index in [-0.39, 0.29) is 31.9 Å². The van der Waals surface area contributed by atoms with Gasteiger partial charge < -0.3 is 23.7 Å². The van der Waals surface area contributed by atoms with Gasteiger partial charge in [-0.3, -0.25) is 20.5 Å². The number of pyridine rings is 1. The zero-order chi connectivity index (χ0) is 36.6. The van der Waals surface area contributed by atoms with Crippen LogP contribution in [-0.4, -0.2) is 73.4 Å². The van der Waals surface area contributed by atoms with Gasteiger partial charge >= 0.3 is 24.2 Å². The Bertz CT molecular complexity index is 1460. The van der Waals surface area contributed by atoms with Gasteiger partial charge in [-0.05, 0) is 97.6 Å². The van der Waals surface area contributed by atoms with E-state index >= 15 is 0 Å². The smallest absolute Gasteiger partial charge is 0.415 e. The lowest BCUT2D eigenvalue weighted by molar-refractivity contribution is -0.144. The SMILES string of the molecule is C=CC[C@@H](C(=O)OCC)N(C(=O)OC(C)(C)C)c1cc(NC(=O)OCCOC)ccc1-c1ccnc(CCC=CNC(=O)OC(C)(C)C)c1.